The van der Waals surface area contributed by atoms with E-state index < -0.39 is 17.5 Å². The maximum Gasteiger partial charge on any atom is 0.258 e. The molecule has 0 aliphatic heterocycles. The highest BCUT2D eigenvalue weighted by molar-refractivity contribution is 6.05. The van der Waals surface area contributed by atoms with E-state index in [9.17, 15) is 13.6 Å². The van der Waals surface area contributed by atoms with E-state index in [1.54, 1.807) is 24.3 Å². The number of carbonyl (C=O) groups excluding carboxylic acids is 1. The summed E-state index contributed by atoms with van der Waals surface area (Å²) in [6.07, 6.45) is 0. The molecule has 0 aromatic heterocycles. The number of para-hydroxylation sites is 2. The van der Waals surface area contributed by atoms with E-state index in [0.29, 0.717) is 24.1 Å². The molecule has 0 saturated heterocycles. The van der Waals surface area contributed by atoms with Crippen LogP contribution in [0.15, 0.2) is 42.5 Å². The first-order valence-corrected chi connectivity index (χ1v) is 8.25. The van der Waals surface area contributed by atoms with Gasteiger partial charge in [0.2, 0.25) is 0 Å². The normalized spacial score (nSPS) is 10.8. The number of halogens is 2. The van der Waals surface area contributed by atoms with Crippen LogP contribution in [0.1, 0.15) is 24.2 Å². The summed E-state index contributed by atoms with van der Waals surface area (Å²) in [4.78, 5) is 14.5. The predicted molar refractivity (Wildman–Crippen MR) is 94.0 cm³/mol. The van der Waals surface area contributed by atoms with Gasteiger partial charge in [0.1, 0.15) is 24.0 Å². The molecule has 0 fully saturated rings. The van der Waals surface area contributed by atoms with E-state index in [1.165, 1.54) is 0 Å². The average molecular weight is 348 g/mol. The third-order valence-electron chi connectivity index (χ3n) is 3.87. The molecule has 2 aromatic carbocycles. The third kappa shape index (κ3) is 5.26. The minimum absolute atomic E-state index is 0.223. The smallest absolute Gasteiger partial charge is 0.258 e. The van der Waals surface area contributed by atoms with E-state index in [1.807, 2.05) is 0 Å². The minimum atomic E-state index is -0.905. The SMILES string of the molecule is CCN(CC)CCOc1ccccc1NC(=O)c1ccc(F)cc1F. The maximum absolute atomic E-state index is 13.7. The highest BCUT2D eigenvalue weighted by Crippen LogP contribution is 2.24. The van der Waals surface area contributed by atoms with Crippen molar-refractivity contribution < 1.29 is 18.3 Å². The van der Waals surface area contributed by atoms with Gasteiger partial charge in [0.15, 0.2) is 0 Å². The number of likely N-dealkylation sites (N-methyl/N-ethyl adjacent to an activating group) is 1. The Labute approximate surface area is 146 Å². The Balaban J connectivity index is 2.05. The molecule has 2 rings (SSSR count). The number of ether oxygens (including phenoxy) is 1. The molecule has 0 aliphatic carbocycles. The molecule has 0 bridgehead atoms. The number of rotatable bonds is 8. The van der Waals surface area contributed by atoms with Gasteiger partial charge < -0.3 is 15.0 Å². The molecule has 1 N–H and O–H groups in total. The van der Waals surface area contributed by atoms with Gasteiger partial charge in [-0.15, -0.1) is 0 Å². The topological polar surface area (TPSA) is 41.6 Å². The molecule has 0 radical (unpaired) electrons. The lowest BCUT2D eigenvalue weighted by Crippen LogP contribution is -2.28. The van der Waals surface area contributed by atoms with Crippen LogP contribution in [0.4, 0.5) is 14.5 Å². The Morgan fingerprint density at radius 1 is 1.12 bits per heavy atom. The zero-order valence-electron chi connectivity index (χ0n) is 14.4. The van der Waals surface area contributed by atoms with Crippen LogP contribution >= 0.6 is 0 Å². The third-order valence-corrected chi connectivity index (χ3v) is 3.87. The summed E-state index contributed by atoms with van der Waals surface area (Å²) in [6, 6.07) is 9.79. The molecule has 2 aromatic rings. The molecule has 0 spiro atoms. The van der Waals surface area contributed by atoms with Crippen LogP contribution in [0.5, 0.6) is 5.75 Å². The number of carbonyl (C=O) groups is 1. The predicted octanol–water partition coefficient (Wildman–Crippen LogP) is 3.94. The molecular formula is C19H22F2N2O2. The number of hydrogen-bond donors (Lipinski definition) is 1. The van der Waals surface area contributed by atoms with Gasteiger partial charge in [0, 0.05) is 12.6 Å². The van der Waals surface area contributed by atoms with Crippen LogP contribution in [0.25, 0.3) is 0 Å². The second kappa shape index (κ2) is 9.13. The maximum atomic E-state index is 13.7. The lowest BCUT2D eigenvalue weighted by Gasteiger charge is -2.19. The van der Waals surface area contributed by atoms with Crippen LogP contribution in [-0.2, 0) is 0 Å². The number of nitrogens with one attached hydrogen (secondary N) is 1. The second-order valence-electron chi connectivity index (χ2n) is 5.45. The quantitative estimate of drug-likeness (QED) is 0.786. The van der Waals surface area contributed by atoms with E-state index in [-0.39, 0.29) is 5.56 Å². The van der Waals surface area contributed by atoms with Crippen molar-refractivity contribution in [3.05, 3.63) is 59.7 Å². The largest absolute Gasteiger partial charge is 0.490 e. The first-order valence-electron chi connectivity index (χ1n) is 8.25. The van der Waals surface area contributed by atoms with E-state index >= 15 is 0 Å². The van der Waals surface area contributed by atoms with Crippen LogP contribution in [-0.4, -0.2) is 37.0 Å². The number of amides is 1. The molecule has 0 aliphatic rings. The van der Waals surface area contributed by atoms with Gasteiger partial charge in [-0.2, -0.15) is 0 Å². The molecule has 0 saturated carbocycles. The van der Waals surface area contributed by atoms with Gasteiger partial charge in [-0.3, -0.25) is 4.79 Å². The van der Waals surface area contributed by atoms with E-state index in [4.69, 9.17) is 4.74 Å². The van der Waals surface area contributed by atoms with Gasteiger partial charge in [-0.1, -0.05) is 26.0 Å². The lowest BCUT2D eigenvalue weighted by molar-refractivity contribution is 0.102. The molecule has 0 atom stereocenters. The molecule has 4 nitrogen and oxygen atoms in total. The molecule has 25 heavy (non-hydrogen) atoms. The van der Waals surface area contributed by atoms with Gasteiger partial charge in [-0.25, -0.2) is 8.78 Å². The van der Waals surface area contributed by atoms with Gasteiger partial charge in [0.25, 0.3) is 5.91 Å². The molecule has 1 amide bonds. The van der Waals surface area contributed by atoms with Crippen molar-refractivity contribution in [1.82, 2.24) is 4.90 Å². The lowest BCUT2D eigenvalue weighted by atomic mass is 10.2. The molecule has 0 heterocycles. The standard InChI is InChI=1S/C19H22F2N2O2/c1-3-23(4-2)11-12-25-18-8-6-5-7-17(18)22-19(24)15-10-9-14(20)13-16(15)21/h5-10,13H,3-4,11-12H2,1-2H3,(H,22,24). The summed E-state index contributed by atoms with van der Waals surface area (Å²) in [7, 11) is 0. The minimum Gasteiger partial charge on any atom is -0.490 e. The van der Waals surface area contributed by atoms with E-state index in [0.717, 1.165) is 31.8 Å². The highest BCUT2D eigenvalue weighted by Gasteiger charge is 2.14. The first-order chi connectivity index (χ1) is 12.0. The monoisotopic (exact) mass is 348 g/mol. The zero-order chi connectivity index (χ0) is 18.2. The van der Waals surface area contributed by atoms with Gasteiger partial charge >= 0.3 is 0 Å². The van der Waals surface area contributed by atoms with Crippen molar-refractivity contribution in [2.45, 2.75) is 13.8 Å². The summed E-state index contributed by atoms with van der Waals surface area (Å²) < 4.78 is 32.5. The highest BCUT2D eigenvalue weighted by atomic mass is 19.1. The fourth-order valence-electron chi connectivity index (χ4n) is 2.38. The van der Waals surface area contributed by atoms with Crippen molar-refractivity contribution in [1.29, 1.82) is 0 Å². The molecule has 134 valence electrons. The summed E-state index contributed by atoms with van der Waals surface area (Å²) in [5, 5.41) is 2.61. The summed E-state index contributed by atoms with van der Waals surface area (Å²) in [5.41, 5.74) is 0.218. The van der Waals surface area contributed by atoms with Crippen molar-refractivity contribution in [3.8, 4) is 5.75 Å². The van der Waals surface area contributed by atoms with Crippen molar-refractivity contribution in [2.75, 3.05) is 31.6 Å². The Bertz CT molecular complexity index is 718. The number of anilines is 1. The van der Waals surface area contributed by atoms with Gasteiger partial charge in [-0.05, 0) is 37.4 Å². The molecule has 6 heteroatoms. The van der Waals surface area contributed by atoms with Crippen LogP contribution < -0.4 is 10.1 Å². The fourth-order valence-corrected chi connectivity index (χ4v) is 2.38. The molecule has 0 unspecified atom stereocenters. The van der Waals surface area contributed by atoms with E-state index in [2.05, 4.69) is 24.1 Å². The van der Waals surface area contributed by atoms with Crippen molar-refractivity contribution in [3.63, 3.8) is 0 Å². The second-order valence-corrected chi connectivity index (χ2v) is 5.45. The Morgan fingerprint density at radius 3 is 2.52 bits per heavy atom. The Hall–Kier alpha value is -2.47. The van der Waals surface area contributed by atoms with Crippen molar-refractivity contribution in [2.24, 2.45) is 0 Å². The fraction of sp³-hybridized carbons (Fsp3) is 0.316. The number of benzene rings is 2. The molecular weight excluding hydrogens is 326 g/mol. The zero-order valence-corrected chi connectivity index (χ0v) is 14.4. The first kappa shape index (κ1) is 18.9. The average Bonchev–Trinajstić information content (AvgIpc) is 2.60. The summed E-state index contributed by atoms with van der Waals surface area (Å²) >= 11 is 0. The van der Waals surface area contributed by atoms with Gasteiger partial charge in [0.05, 0.1) is 11.3 Å². The van der Waals surface area contributed by atoms with Crippen LogP contribution in [0.3, 0.4) is 0 Å². The number of hydrogen-bond acceptors (Lipinski definition) is 3. The van der Waals surface area contributed by atoms with Crippen LogP contribution in [0, 0.1) is 11.6 Å². The summed E-state index contributed by atoms with van der Waals surface area (Å²) in [6.45, 7) is 7.26. The number of nitrogens with zero attached hydrogens (tertiary/aromatic N) is 1. The van der Waals surface area contributed by atoms with Crippen molar-refractivity contribution >= 4 is 11.6 Å². The van der Waals surface area contributed by atoms with Crippen LogP contribution in [0.2, 0.25) is 0 Å². The Morgan fingerprint density at radius 2 is 1.84 bits per heavy atom. The Kier molecular flexibility index (Phi) is 6.89. The summed E-state index contributed by atoms with van der Waals surface area (Å²) in [5.74, 6) is -1.78.